The molecule has 0 amide bonds. The minimum atomic E-state index is -3.15. The van der Waals surface area contributed by atoms with Crippen LogP contribution in [0, 0.1) is 5.41 Å². The van der Waals surface area contributed by atoms with Crippen LogP contribution in [0.2, 0.25) is 0 Å². The lowest BCUT2D eigenvalue weighted by atomic mass is 9.83. The van der Waals surface area contributed by atoms with Crippen LogP contribution in [0.4, 0.5) is 0 Å². The van der Waals surface area contributed by atoms with Crippen molar-refractivity contribution in [2.24, 2.45) is 11.1 Å². The topological polar surface area (TPSA) is 63.4 Å². The van der Waals surface area contributed by atoms with Crippen molar-refractivity contribution >= 4 is 10.0 Å². The minimum Gasteiger partial charge on any atom is -0.329 e. The molecule has 1 unspecified atom stereocenters. The summed E-state index contributed by atoms with van der Waals surface area (Å²) in [6.45, 7) is 7.52. The van der Waals surface area contributed by atoms with Crippen LogP contribution in [0.3, 0.4) is 0 Å². The van der Waals surface area contributed by atoms with Crippen LogP contribution in [0.25, 0.3) is 0 Å². The molecule has 0 saturated carbocycles. The maximum Gasteiger partial charge on any atom is 0.217 e. The Labute approximate surface area is 92.9 Å². The maximum absolute atomic E-state index is 12.0. The maximum atomic E-state index is 12.0. The number of rotatable bonds is 3. The summed E-state index contributed by atoms with van der Waals surface area (Å²) in [7, 11) is -3.15. The molecule has 1 rings (SSSR count). The number of nitrogens with two attached hydrogens (primary N) is 1. The van der Waals surface area contributed by atoms with Gasteiger partial charge in [-0.05, 0) is 25.2 Å². The van der Waals surface area contributed by atoms with Crippen LogP contribution < -0.4 is 5.73 Å². The molecule has 1 atom stereocenters. The first-order valence-corrected chi connectivity index (χ1v) is 6.99. The molecule has 1 aliphatic heterocycles. The zero-order chi connectivity index (χ0) is 11.7. The highest BCUT2D eigenvalue weighted by atomic mass is 32.2. The summed E-state index contributed by atoms with van der Waals surface area (Å²) in [6.07, 6.45) is 1.87. The summed E-state index contributed by atoms with van der Waals surface area (Å²) in [5.74, 6) is 0. The van der Waals surface area contributed by atoms with Crippen LogP contribution in [0.15, 0.2) is 0 Å². The van der Waals surface area contributed by atoms with E-state index in [1.165, 1.54) is 0 Å². The molecule has 4 nitrogen and oxygen atoms in total. The largest absolute Gasteiger partial charge is 0.329 e. The monoisotopic (exact) mass is 234 g/mol. The second-order valence-electron chi connectivity index (χ2n) is 5.15. The lowest BCUT2D eigenvalue weighted by molar-refractivity contribution is 0.195. The molecule has 0 bridgehead atoms. The number of hydrogen-bond acceptors (Lipinski definition) is 3. The number of hydrogen-bond donors (Lipinski definition) is 1. The molecule has 90 valence electrons. The van der Waals surface area contributed by atoms with Crippen molar-refractivity contribution in [1.29, 1.82) is 0 Å². The van der Waals surface area contributed by atoms with Crippen molar-refractivity contribution in [3.05, 3.63) is 0 Å². The van der Waals surface area contributed by atoms with Crippen molar-refractivity contribution in [3.8, 4) is 0 Å². The number of nitrogens with zero attached hydrogens (tertiary/aromatic N) is 1. The van der Waals surface area contributed by atoms with Gasteiger partial charge in [-0.15, -0.1) is 0 Å². The van der Waals surface area contributed by atoms with E-state index in [0.29, 0.717) is 13.1 Å². The third-order valence-electron chi connectivity index (χ3n) is 3.28. The van der Waals surface area contributed by atoms with Gasteiger partial charge in [-0.2, -0.15) is 0 Å². The van der Waals surface area contributed by atoms with E-state index >= 15 is 0 Å². The average molecular weight is 234 g/mol. The highest BCUT2D eigenvalue weighted by Crippen LogP contribution is 2.31. The Morgan fingerprint density at radius 1 is 1.33 bits per heavy atom. The Morgan fingerprint density at radius 2 is 1.80 bits per heavy atom. The lowest BCUT2D eigenvalue weighted by Gasteiger charge is -2.37. The van der Waals surface area contributed by atoms with Gasteiger partial charge in [0.25, 0.3) is 0 Å². The minimum absolute atomic E-state index is 0.197. The van der Waals surface area contributed by atoms with Crippen LogP contribution in [0.5, 0.6) is 0 Å². The van der Waals surface area contributed by atoms with E-state index in [9.17, 15) is 8.42 Å². The van der Waals surface area contributed by atoms with Crippen molar-refractivity contribution in [2.75, 3.05) is 19.6 Å². The van der Waals surface area contributed by atoms with Crippen molar-refractivity contribution in [2.45, 2.75) is 38.9 Å². The van der Waals surface area contributed by atoms with Crippen molar-refractivity contribution in [3.63, 3.8) is 0 Å². The summed E-state index contributed by atoms with van der Waals surface area (Å²) in [4.78, 5) is 0. The molecule has 0 aromatic rings. The molecular formula is C10H22N2O2S. The molecule has 0 aromatic carbocycles. The van der Waals surface area contributed by atoms with E-state index in [-0.39, 0.29) is 12.0 Å². The molecule has 5 heteroatoms. The lowest BCUT2D eigenvalue weighted by Crippen LogP contribution is -2.46. The van der Waals surface area contributed by atoms with E-state index in [4.69, 9.17) is 5.73 Å². The summed E-state index contributed by atoms with van der Waals surface area (Å²) in [5, 5.41) is -0.460. The summed E-state index contributed by atoms with van der Waals surface area (Å²) < 4.78 is 25.5. The summed E-state index contributed by atoms with van der Waals surface area (Å²) in [5.41, 5.74) is 5.69. The predicted octanol–water partition coefficient (Wildman–Crippen LogP) is 0.785. The zero-order valence-electron chi connectivity index (χ0n) is 9.86. The Balaban J connectivity index is 2.68. The SMILES string of the molecule is CC(CN)S(=O)(=O)N1CCC(C)(C)CC1. The Hall–Kier alpha value is -0.130. The molecule has 2 N–H and O–H groups in total. The molecule has 1 fully saturated rings. The van der Waals surface area contributed by atoms with Gasteiger partial charge in [0.1, 0.15) is 0 Å². The fourth-order valence-electron chi connectivity index (χ4n) is 1.72. The highest BCUT2D eigenvalue weighted by Gasteiger charge is 2.34. The van der Waals surface area contributed by atoms with E-state index in [2.05, 4.69) is 13.8 Å². The fourth-order valence-corrected chi connectivity index (χ4v) is 3.17. The molecule has 0 spiro atoms. The number of sulfonamides is 1. The molecule has 1 heterocycles. The fraction of sp³-hybridized carbons (Fsp3) is 1.00. The van der Waals surface area contributed by atoms with Gasteiger partial charge in [0.15, 0.2) is 0 Å². The molecule has 1 aliphatic rings. The van der Waals surface area contributed by atoms with E-state index in [0.717, 1.165) is 12.8 Å². The van der Waals surface area contributed by atoms with Gasteiger partial charge in [-0.25, -0.2) is 12.7 Å². The van der Waals surface area contributed by atoms with Crippen LogP contribution in [-0.4, -0.2) is 37.6 Å². The van der Waals surface area contributed by atoms with E-state index in [1.54, 1.807) is 11.2 Å². The van der Waals surface area contributed by atoms with E-state index < -0.39 is 15.3 Å². The quantitative estimate of drug-likeness (QED) is 0.785. The van der Waals surface area contributed by atoms with Crippen molar-refractivity contribution < 1.29 is 8.42 Å². The van der Waals surface area contributed by atoms with Gasteiger partial charge in [-0.1, -0.05) is 13.8 Å². The smallest absolute Gasteiger partial charge is 0.217 e. The Bertz CT molecular complexity index is 301. The normalized spacial score (nSPS) is 25.1. The zero-order valence-corrected chi connectivity index (χ0v) is 10.7. The second-order valence-corrected chi connectivity index (χ2v) is 7.51. The third kappa shape index (κ3) is 2.92. The highest BCUT2D eigenvalue weighted by molar-refractivity contribution is 7.89. The van der Waals surface area contributed by atoms with Gasteiger partial charge in [0.2, 0.25) is 10.0 Å². The predicted molar refractivity (Wildman–Crippen MR) is 62.0 cm³/mol. The van der Waals surface area contributed by atoms with Gasteiger partial charge in [-0.3, -0.25) is 0 Å². The molecular weight excluding hydrogens is 212 g/mol. The molecule has 0 aromatic heterocycles. The first-order chi connectivity index (χ1) is 6.79. The van der Waals surface area contributed by atoms with Gasteiger partial charge < -0.3 is 5.73 Å². The summed E-state index contributed by atoms with van der Waals surface area (Å²) in [6, 6.07) is 0. The average Bonchev–Trinajstić information content (AvgIpc) is 2.15. The van der Waals surface area contributed by atoms with Crippen LogP contribution in [0.1, 0.15) is 33.6 Å². The first-order valence-electron chi connectivity index (χ1n) is 5.49. The molecule has 0 aliphatic carbocycles. The second kappa shape index (κ2) is 4.39. The van der Waals surface area contributed by atoms with Crippen LogP contribution >= 0.6 is 0 Å². The first kappa shape index (κ1) is 12.9. The van der Waals surface area contributed by atoms with E-state index in [1.807, 2.05) is 0 Å². The van der Waals surface area contributed by atoms with Crippen LogP contribution in [-0.2, 0) is 10.0 Å². The standard InChI is InChI=1S/C10H22N2O2S/c1-9(8-11)15(13,14)12-6-4-10(2,3)5-7-12/h9H,4-8,11H2,1-3H3. The van der Waals surface area contributed by atoms with Gasteiger partial charge in [0, 0.05) is 19.6 Å². The summed E-state index contributed by atoms with van der Waals surface area (Å²) >= 11 is 0. The Kier molecular flexibility index (Phi) is 3.79. The van der Waals surface area contributed by atoms with Gasteiger partial charge in [0.05, 0.1) is 5.25 Å². The molecule has 15 heavy (non-hydrogen) atoms. The Morgan fingerprint density at radius 3 is 2.20 bits per heavy atom. The van der Waals surface area contributed by atoms with Crippen molar-refractivity contribution in [1.82, 2.24) is 4.31 Å². The van der Waals surface area contributed by atoms with Gasteiger partial charge >= 0.3 is 0 Å². The third-order valence-corrected chi connectivity index (χ3v) is 5.57. The number of piperidine rings is 1. The molecule has 0 radical (unpaired) electrons. The molecule has 1 saturated heterocycles.